The predicted molar refractivity (Wildman–Crippen MR) is 102 cm³/mol. The molecule has 0 bridgehead atoms. The monoisotopic (exact) mass is 370 g/mol. The summed E-state index contributed by atoms with van der Waals surface area (Å²) >= 11 is 0. The Morgan fingerprint density at radius 2 is 2.00 bits per heavy atom. The van der Waals surface area contributed by atoms with Crippen LogP contribution >= 0.6 is 0 Å². The molecule has 0 radical (unpaired) electrons. The molecule has 0 saturated heterocycles. The van der Waals surface area contributed by atoms with Crippen molar-refractivity contribution in [3.8, 4) is 11.8 Å². The Labute approximate surface area is 157 Å². The van der Waals surface area contributed by atoms with Gasteiger partial charge in [-0.25, -0.2) is 4.79 Å². The number of anilines is 2. The number of para-hydroxylation sites is 1. The second kappa shape index (κ2) is 7.94. The van der Waals surface area contributed by atoms with E-state index in [0.29, 0.717) is 24.5 Å². The Morgan fingerprint density at radius 1 is 1.22 bits per heavy atom. The van der Waals surface area contributed by atoms with Gasteiger partial charge in [-0.05, 0) is 17.7 Å². The second-order valence-corrected chi connectivity index (χ2v) is 6.16. The van der Waals surface area contributed by atoms with Gasteiger partial charge < -0.3 is 25.0 Å². The number of urea groups is 1. The fourth-order valence-electron chi connectivity index (χ4n) is 3.08. The lowest BCUT2D eigenvalue weighted by Gasteiger charge is -2.31. The number of ether oxygens (including phenoxy) is 2. The molecule has 0 fully saturated rings. The Bertz CT molecular complexity index is 855. The minimum absolute atomic E-state index is 0.0296. The largest absolute Gasteiger partial charge is 0.481 e. The van der Waals surface area contributed by atoms with Gasteiger partial charge >= 0.3 is 6.03 Å². The van der Waals surface area contributed by atoms with Crippen molar-refractivity contribution in [2.45, 2.75) is 12.3 Å². The number of benzene rings is 1. The number of hydrogen-bond acceptors (Lipinski definition) is 5. The molecule has 0 saturated carbocycles. The van der Waals surface area contributed by atoms with Gasteiger partial charge in [0.25, 0.3) is 0 Å². The minimum Gasteiger partial charge on any atom is -0.481 e. The highest BCUT2D eigenvalue weighted by atomic mass is 16.5. The number of rotatable bonds is 5. The number of nitrogens with one attached hydrogen (secondary N) is 2. The van der Waals surface area contributed by atoms with Crippen LogP contribution in [0, 0.1) is 0 Å². The van der Waals surface area contributed by atoms with E-state index >= 15 is 0 Å². The van der Waals surface area contributed by atoms with Crippen molar-refractivity contribution >= 4 is 23.3 Å². The second-order valence-electron chi connectivity index (χ2n) is 6.16. The lowest BCUT2D eigenvalue weighted by molar-refractivity contribution is -0.119. The predicted octanol–water partition coefficient (Wildman–Crippen LogP) is 2.37. The highest BCUT2D eigenvalue weighted by molar-refractivity contribution is 5.97. The first kappa shape index (κ1) is 18.5. The number of carbonyl (C=O) groups is 2. The summed E-state index contributed by atoms with van der Waals surface area (Å²) < 4.78 is 10.2. The smallest absolute Gasteiger partial charge is 0.319 e. The quantitative estimate of drug-likeness (QED) is 0.843. The molecule has 1 atom stereocenters. The highest BCUT2D eigenvalue weighted by Gasteiger charge is 2.29. The van der Waals surface area contributed by atoms with Crippen LogP contribution in [-0.2, 0) is 4.79 Å². The molecule has 8 heteroatoms. The molecule has 1 aromatic carbocycles. The first-order chi connectivity index (χ1) is 13.0. The molecule has 2 heterocycles. The summed E-state index contributed by atoms with van der Waals surface area (Å²) in [5, 5.41) is 5.53. The first-order valence-electron chi connectivity index (χ1n) is 8.52. The fourth-order valence-corrected chi connectivity index (χ4v) is 3.08. The van der Waals surface area contributed by atoms with Crippen molar-refractivity contribution < 1.29 is 19.1 Å². The van der Waals surface area contributed by atoms with Crippen molar-refractivity contribution in [2.24, 2.45) is 0 Å². The van der Waals surface area contributed by atoms with Crippen molar-refractivity contribution in [3.05, 3.63) is 42.0 Å². The van der Waals surface area contributed by atoms with Crippen molar-refractivity contribution in [1.82, 2.24) is 10.3 Å². The molecule has 1 aliphatic heterocycles. The van der Waals surface area contributed by atoms with Crippen LogP contribution in [0.15, 0.2) is 36.4 Å². The third-order valence-electron chi connectivity index (χ3n) is 4.53. The van der Waals surface area contributed by atoms with Gasteiger partial charge in [0.2, 0.25) is 17.7 Å². The Morgan fingerprint density at radius 3 is 2.74 bits per heavy atom. The number of hydrogen-bond donors (Lipinski definition) is 2. The number of pyridine rings is 1. The number of carbonyl (C=O) groups excluding carboxylic acids is 2. The zero-order chi connectivity index (χ0) is 19.4. The van der Waals surface area contributed by atoms with Crippen molar-refractivity contribution in [3.63, 3.8) is 0 Å². The maximum Gasteiger partial charge on any atom is 0.319 e. The van der Waals surface area contributed by atoms with Gasteiger partial charge in [0, 0.05) is 37.7 Å². The topological polar surface area (TPSA) is 92.8 Å². The SMILES string of the molecule is COc1ccc(NC(=O)NC[C@H]2CC(=O)N(C)c3ccccc32)c(OC)n1. The van der Waals surface area contributed by atoms with Gasteiger partial charge in [-0.15, -0.1) is 0 Å². The summed E-state index contributed by atoms with van der Waals surface area (Å²) in [6.45, 7) is 0.342. The molecular formula is C19H22N4O4. The van der Waals surface area contributed by atoms with Crippen molar-refractivity contribution in [2.75, 3.05) is 38.0 Å². The standard InChI is InChI=1S/C19H22N4O4/c1-23-15-7-5-4-6-13(15)12(10-17(23)24)11-20-19(25)21-14-8-9-16(26-2)22-18(14)27-3/h4-9,12H,10-11H2,1-3H3,(H2,20,21,25)/t12-/m1/s1. The van der Waals surface area contributed by atoms with Gasteiger partial charge in [-0.2, -0.15) is 4.98 Å². The maximum absolute atomic E-state index is 12.3. The lowest BCUT2D eigenvalue weighted by Crippen LogP contribution is -2.38. The number of nitrogens with zero attached hydrogens (tertiary/aromatic N) is 2. The number of methoxy groups -OCH3 is 2. The normalized spacial score (nSPS) is 15.7. The van der Waals surface area contributed by atoms with Crippen LogP contribution in [0.3, 0.4) is 0 Å². The van der Waals surface area contributed by atoms with E-state index in [1.54, 1.807) is 24.1 Å². The van der Waals surface area contributed by atoms with Crippen LogP contribution in [0.5, 0.6) is 11.8 Å². The van der Waals surface area contributed by atoms with Gasteiger partial charge in [0.05, 0.1) is 14.2 Å². The maximum atomic E-state index is 12.3. The van der Waals surface area contributed by atoms with E-state index in [2.05, 4.69) is 15.6 Å². The molecule has 0 unspecified atom stereocenters. The van der Waals surface area contributed by atoms with Gasteiger partial charge in [0.15, 0.2) is 0 Å². The molecule has 2 aromatic rings. The van der Waals surface area contributed by atoms with Crippen LogP contribution in [0.4, 0.5) is 16.2 Å². The molecule has 2 N–H and O–H groups in total. The number of amides is 3. The third-order valence-corrected chi connectivity index (χ3v) is 4.53. The van der Waals surface area contributed by atoms with E-state index in [-0.39, 0.29) is 17.7 Å². The molecule has 1 aliphatic rings. The Hall–Kier alpha value is -3.29. The Balaban J connectivity index is 1.66. The highest BCUT2D eigenvalue weighted by Crippen LogP contribution is 2.34. The van der Waals surface area contributed by atoms with E-state index in [0.717, 1.165) is 11.3 Å². The number of fused-ring (bicyclic) bond motifs is 1. The molecule has 1 aromatic heterocycles. The molecule has 3 rings (SSSR count). The van der Waals surface area contributed by atoms with E-state index < -0.39 is 6.03 Å². The Kier molecular flexibility index (Phi) is 5.44. The van der Waals surface area contributed by atoms with Gasteiger partial charge in [-0.3, -0.25) is 4.79 Å². The number of aromatic nitrogens is 1. The molecule has 27 heavy (non-hydrogen) atoms. The average Bonchev–Trinajstić information content (AvgIpc) is 2.70. The van der Waals surface area contributed by atoms with Crippen LogP contribution in [0.2, 0.25) is 0 Å². The fraction of sp³-hybridized carbons (Fsp3) is 0.316. The summed E-state index contributed by atoms with van der Waals surface area (Å²) in [5.74, 6) is 0.594. The van der Waals surface area contributed by atoms with Crippen LogP contribution < -0.4 is 25.0 Å². The van der Waals surface area contributed by atoms with Gasteiger partial charge in [0.1, 0.15) is 5.69 Å². The lowest BCUT2D eigenvalue weighted by atomic mass is 9.89. The minimum atomic E-state index is -0.399. The van der Waals surface area contributed by atoms with E-state index in [4.69, 9.17) is 9.47 Å². The molecule has 142 valence electrons. The van der Waals surface area contributed by atoms with Crippen molar-refractivity contribution in [1.29, 1.82) is 0 Å². The molecule has 0 aliphatic carbocycles. The summed E-state index contributed by atoms with van der Waals surface area (Å²) in [5.41, 5.74) is 2.35. The third kappa shape index (κ3) is 3.94. The summed E-state index contributed by atoms with van der Waals surface area (Å²) in [6, 6.07) is 10.6. The first-order valence-corrected chi connectivity index (χ1v) is 8.52. The molecule has 0 spiro atoms. The zero-order valence-electron chi connectivity index (χ0n) is 15.5. The molecule has 8 nitrogen and oxygen atoms in total. The summed E-state index contributed by atoms with van der Waals surface area (Å²) in [6.07, 6.45) is 0.348. The summed E-state index contributed by atoms with van der Waals surface area (Å²) in [4.78, 5) is 30.3. The molecule has 3 amide bonds. The van der Waals surface area contributed by atoms with E-state index in [1.807, 2.05) is 24.3 Å². The van der Waals surface area contributed by atoms with Crippen LogP contribution in [-0.4, -0.2) is 44.7 Å². The zero-order valence-corrected chi connectivity index (χ0v) is 15.5. The van der Waals surface area contributed by atoms with E-state index in [9.17, 15) is 9.59 Å². The molecular weight excluding hydrogens is 348 g/mol. The average molecular weight is 370 g/mol. The summed E-state index contributed by atoms with van der Waals surface area (Å²) in [7, 11) is 4.73. The van der Waals surface area contributed by atoms with Crippen LogP contribution in [0.1, 0.15) is 17.9 Å². The van der Waals surface area contributed by atoms with E-state index in [1.165, 1.54) is 14.2 Å². The van der Waals surface area contributed by atoms with Crippen LogP contribution in [0.25, 0.3) is 0 Å². The van der Waals surface area contributed by atoms with Gasteiger partial charge in [-0.1, -0.05) is 18.2 Å².